The summed E-state index contributed by atoms with van der Waals surface area (Å²) in [7, 11) is 0. The molecule has 0 saturated heterocycles. The van der Waals surface area contributed by atoms with E-state index in [4.69, 9.17) is 10.0 Å². The van der Waals surface area contributed by atoms with Crippen molar-refractivity contribution in [2.75, 3.05) is 0 Å². The smallest absolute Gasteiger partial charge is 0.182 e. The van der Waals surface area contributed by atoms with Gasteiger partial charge in [-0.15, -0.1) is 0 Å². The lowest BCUT2D eigenvalue weighted by Gasteiger charge is -2.09. The summed E-state index contributed by atoms with van der Waals surface area (Å²) in [6.07, 6.45) is 5.80. The Hall–Kier alpha value is -2.13. The molecule has 26 heavy (non-hydrogen) atoms. The Morgan fingerprint density at radius 1 is 1.38 bits per heavy atom. The van der Waals surface area contributed by atoms with Crippen LogP contribution in [0, 0.1) is 17.1 Å². The SMILES string of the molecule is N=C(Cc1nonc1C(=Nc1ccc(F)c(Br)c1)NO)CC1CCCC1. The minimum atomic E-state index is -0.411. The van der Waals surface area contributed by atoms with E-state index in [1.54, 1.807) is 0 Å². The molecule has 1 aromatic heterocycles. The fourth-order valence-electron chi connectivity index (χ4n) is 3.15. The van der Waals surface area contributed by atoms with E-state index in [-0.39, 0.29) is 22.4 Å². The van der Waals surface area contributed by atoms with Crippen LogP contribution in [-0.2, 0) is 6.42 Å². The highest BCUT2D eigenvalue weighted by molar-refractivity contribution is 9.10. The van der Waals surface area contributed by atoms with Crippen LogP contribution in [0.5, 0.6) is 0 Å². The maximum atomic E-state index is 13.3. The molecule has 0 amide bonds. The van der Waals surface area contributed by atoms with Gasteiger partial charge in [-0.05, 0) is 51.6 Å². The number of aliphatic imine (C=N–C) groups is 1. The summed E-state index contributed by atoms with van der Waals surface area (Å²) in [6, 6.07) is 4.20. The number of aromatic nitrogens is 2. The average molecular weight is 424 g/mol. The third-order valence-electron chi connectivity index (χ3n) is 4.42. The van der Waals surface area contributed by atoms with Gasteiger partial charge in [0.1, 0.15) is 11.5 Å². The molecule has 1 aliphatic rings. The molecule has 1 saturated carbocycles. The molecular weight excluding hydrogens is 405 g/mol. The van der Waals surface area contributed by atoms with Crippen LogP contribution in [0.4, 0.5) is 10.1 Å². The highest BCUT2D eigenvalue weighted by atomic mass is 79.9. The predicted molar refractivity (Wildman–Crippen MR) is 97.5 cm³/mol. The van der Waals surface area contributed by atoms with Crippen LogP contribution >= 0.6 is 15.9 Å². The van der Waals surface area contributed by atoms with Crippen LogP contribution in [0.3, 0.4) is 0 Å². The molecule has 1 heterocycles. The van der Waals surface area contributed by atoms with Crippen molar-refractivity contribution in [3.05, 3.63) is 39.9 Å². The minimum Gasteiger partial charge on any atom is -0.309 e. The molecule has 0 spiro atoms. The van der Waals surface area contributed by atoms with E-state index in [1.807, 2.05) is 5.48 Å². The Kier molecular flexibility index (Phi) is 6.10. The van der Waals surface area contributed by atoms with E-state index < -0.39 is 5.82 Å². The second-order valence-electron chi connectivity index (χ2n) is 6.37. The molecule has 0 unspecified atom stereocenters. The number of hydroxylamine groups is 1. The zero-order chi connectivity index (χ0) is 18.5. The summed E-state index contributed by atoms with van der Waals surface area (Å²) in [4.78, 5) is 4.22. The lowest BCUT2D eigenvalue weighted by atomic mass is 9.98. The van der Waals surface area contributed by atoms with Crippen molar-refractivity contribution < 1.29 is 14.2 Å². The standard InChI is InChI=1S/C17H19BrFN5O2/c18-13-9-12(5-6-14(13)19)21-17(22-25)16-15(23-26-24-16)8-11(20)7-10-3-1-2-4-10/h5-6,9-10,20,25H,1-4,7-8H2,(H,21,22). The lowest BCUT2D eigenvalue weighted by Crippen LogP contribution is -2.23. The molecule has 3 N–H and O–H groups in total. The van der Waals surface area contributed by atoms with E-state index in [9.17, 15) is 9.60 Å². The summed E-state index contributed by atoms with van der Waals surface area (Å²) >= 11 is 3.09. The Bertz CT molecular complexity index is 817. The Morgan fingerprint density at radius 2 is 2.15 bits per heavy atom. The van der Waals surface area contributed by atoms with Crippen molar-refractivity contribution in [2.45, 2.75) is 38.5 Å². The molecule has 9 heteroatoms. The highest BCUT2D eigenvalue weighted by Gasteiger charge is 2.21. The number of amidine groups is 1. The summed E-state index contributed by atoms with van der Waals surface area (Å²) in [5, 5.41) is 25.3. The Morgan fingerprint density at radius 3 is 2.85 bits per heavy atom. The van der Waals surface area contributed by atoms with Gasteiger partial charge in [-0.25, -0.2) is 14.0 Å². The van der Waals surface area contributed by atoms with E-state index in [2.05, 4.69) is 31.2 Å². The second-order valence-corrected chi connectivity index (χ2v) is 7.22. The maximum absolute atomic E-state index is 13.3. The normalized spacial score (nSPS) is 15.4. The molecule has 7 nitrogen and oxygen atoms in total. The van der Waals surface area contributed by atoms with Gasteiger partial charge in [0.05, 0.1) is 10.2 Å². The molecule has 1 aliphatic carbocycles. The van der Waals surface area contributed by atoms with Crippen LogP contribution in [-0.4, -0.2) is 27.1 Å². The van der Waals surface area contributed by atoms with Gasteiger partial charge < -0.3 is 5.41 Å². The van der Waals surface area contributed by atoms with Gasteiger partial charge in [0, 0.05) is 12.1 Å². The summed E-state index contributed by atoms with van der Waals surface area (Å²) in [6.45, 7) is 0. The van der Waals surface area contributed by atoms with Crippen molar-refractivity contribution >= 4 is 33.2 Å². The van der Waals surface area contributed by atoms with Gasteiger partial charge >= 0.3 is 0 Å². The fraction of sp³-hybridized carbons (Fsp3) is 0.412. The monoisotopic (exact) mass is 423 g/mol. The number of nitrogens with one attached hydrogen (secondary N) is 2. The van der Waals surface area contributed by atoms with E-state index >= 15 is 0 Å². The number of nitrogens with zero attached hydrogens (tertiary/aromatic N) is 3. The van der Waals surface area contributed by atoms with Crippen molar-refractivity contribution in [3.63, 3.8) is 0 Å². The first kappa shape index (κ1) is 18.7. The first-order chi connectivity index (χ1) is 12.6. The summed E-state index contributed by atoms with van der Waals surface area (Å²) in [5.41, 5.74) is 3.59. The predicted octanol–water partition coefficient (Wildman–Crippen LogP) is 4.17. The fourth-order valence-corrected chi connectivity index (χ4v) is 3.52. The first-order valence-electron chi connectivity index (χ1n) is 8.38. The Labute approximate surface area is 158 Å². The zero-order valence-corrected chi connectivity index (χ0v) is 15.6. The van der Waals surface area contributed by atoms with Crippen LogP contribution in [0.25, 0.3) is 0 Å². The number of hydrogen-bond donors (Lipinski definition) is 3. The van der Waals surface area contributed by atoms with Gasteiger partial charge in [-0.3, -0.25) is 10.7 Å². The van der Waals surface area contributed by atoms with Crippen molar-refractivity contribution in [3.8, 4) is 0 Å². The Balaban J connectivity index is 1.77. The van der Waals surface area contributed by atoms with Gasteiger partial charge in [0.2, 0.25) is 0 Å². The molecular formula is C17H19BrFN5O2. The maximum Gasteiger partial charge on any atom is 0.182 e. The first-order valence-corrected chi connectivity index (χ1v) is 9.18. The average Bonchev–Trinajstić information content (AvgIpc) is 3.28. The number of rotatable bonds is 6. The largest absolute Gasteiger partial charge is 0.309 e. The molecule has 1 fully saturated rings. The van der Waals surface area contributed by atoms with Crippen molar-refractivity contribution in [2.24, 2.45) is 10.9 Å². The topological polar surface area (TPSA) is 107 Å². The zero-order valence-electron chi connectivity index (χ0n) is 14.0. The molecule has 3 rings (SSSR count). The molecule has 0 aliphatic heterocycles. The van der Waals surface area contributed by atoms with Crippen LogP contribution in [0.2, 0.25) is 0 Å². The second kappa shape index (κ2) is 8.50. The molecule has 138 valence electrons. The molecule has 0 radical (unpaired) electrons. The summed E-state index contributed by atoms with van der Waals surface area (Å²) in [5.74, 6) is 0.173. The van der Waals surface area contributed by atoms with Crippen LogP contribution < -0.4 is 5.48 Å². The third kappa shape index (κ3) is 4.53. The van der Waals surface area contributed by atoms with Gasteiger partial charge in [0.15, 0.2) is 11.5 Å². The quantitative estimate of drug-likeness (QED) is 0.367. The molecule has 0 bridgehead atoms. The van der Waals surface area contributed by atoms with Gasteiger partial charge in [-0.1, -0.05) is 30.8 Å². The molecule has 0 atom stereocenters. The van der Waals surface area contributed by atoms with Crippen molar-refractivity contribution in [1.82, 2.24) is 15.8 Å². The van der Waals surface area contributed by atoms with E-state index in [0.29, 0.717) is 23.0 Å². The minimum absolute atomic E-state index is 0.0217. The third-order valence-corrected chi connectivity index (χ3v) is 5.03. The number of halogens is 2. The molecule has 2 aromatic rings. The summed E-state index contributed by atoms with van der Waals surface area (Å²) < 4.78 is 18.4. The van der Waals surface area contributed by atoms with E-state index in [0.717, 1.165) is 19.3 Å². The number of benzene rings is 1. The molecule has 1 aromatic carbocycles. The van der Waals surface area contributed by atoms with Gasteiger partial charge in [-0.2, -0.15) is 0 Å². The highest BCUT2D eigenvalue weighted by Crippen LogP contribution is 2.28. The number of hydrogen-bond acceptors (Lipinski definition) is 6. The lowest BCUT2D eigenvalue weighted by molar-refractivity contribution is 0.234. The van der Waals surface area contributed by atoms with Crippen LogP contribution in [0.15, 0.2) is 32.3 Å². The van der Waals surface area contributed by atoms with Crippen LogP contribution in [0.1, 0.15) is 43.5 Å². The van der Waals surface area contributed by atoms with E-state index in [1.165, 1.54) is 31.0 Å². The van der Waals surface area contributed by atoms with Gasteiger partial charge in [0.25, 0.3) is 0 Å². The van der Waals surface area contributed by atoms with Crippen molar-refractivity contribution in [1.29, 1.82) is 5.41 Å².